The SMILES string of the molecule is COC(=O)CCC/C=C\C[C@@H]1[C@@H](/C=C/C(OC2CCCCO2)C(C)C2CCCC2)[C@H](OC2CCCCO2)C[C@@H]1O. The van der Waals surface area contributed by atoms with Gasteiger partial charge in [-0.15, -0.1) is 0 Å². The van der Waals surface area contributed by atoms with Crippen molar-refractivity contribution in [3.05, 3.63) is 24.3 Å². The molecule has 4 fully saturated rings. The van der Waals surface area contributed by atoms with E-state index in [1.165, 1.54) is 32.8 Å². The van der Waals surface area contributed by atoms with Crippen molar-refractivity contribution in [1.29, 1.82) is 0 Å². The molecule has 2 saturated heterocycles. The van der Waals surface area contributed by atoms with Crippen molar-refractivity contribution in [3.8, 4) is 0 Å². The summed E-state index contributed by atoms with van der Waals surface area (Å²) in [4.78, 5) is 11.4. The zero-order valence-corrected chi connectivity index (χ0v) is 24.9. The molecule has 228 valence electrons. The number of methoxy groups -OCH3 is 1. The molecule has 8 atom stereocenters. The van der Waals surface area contributed by atoms with Gasteiger partial charge in [-0.05, 0) is 75.5 Å². The average molecular weight is 563 g/mol. The number of unbranched alkanes of at least 4 members (excludes halogenated alkanes) is 1. The number of hydrogen-bond acceptors (Lipinski definition) is 7. The van der Waals surface area contributed by atoms with E-state index < -0.39 is 6.10 Å². The van der Waals surface area contributed by atoms with Crippen LogP contribution < -0.4 is 0 Å². The van der Waals surface area contributed by atoms with Crippen molar-refractivity contribution in [2.24, 2.45) is 23.7 Å². The number of carbonyl (C=O) groups is 1. The van der Waals surface area contributed by atoms with Crippen molar-refractivity contribution < 1.29 is 33.6 Å². The van der Waals surface area contributed by atoms with Gasteiger partial charge in [0.05, 0.1) is 25.4 Å². The number of ether oxygens (including phenoxy) is 5. The second-order valence-corrected chi connectivity index (χ2v) is 12.4. The number of esters is 1. The highest BCUT2D eigenvalue weighted by molar-refractivity contribution is 5.69. The molecule has 4 unspecified atom stereocenters. The number of carbonyl (C=O) groups excluding carboxylic acids is 1. The van der Waals surface area contributed by atoms with Crippen LogP contribution in [0.25, 0.3) is 0 Å². The third-order valence-electron chi connectivity index (χ3n) is 9.54. The Morgan fingerprint density at radius 1 is 0.975 bits per heavy atom. The summed E-state index contributed by atoms with van der Waals surface area (Å²) in [5, 5.41) is 11.2. The Morgan fingerprint density at radius 3 is 2.35 bits per heavy atom. The molecule has 40 heavy (non-hydrogen) atoms. The first-order valence-electron chi connectivity index (χ1n) is 16.2. The van der Waals surface area contributed by atoms with Crippen LogP contribution in [-0.2, 0) is 28.5 Å². The van der Waals surface area contributed by atoms with E-state index in [-0.39, 0.29) is 42.6 Å². The van der Waals surface area contributed by atoms with Crippen molar-refractivity contribution in [3.63, 3.8) is 0 Å². The van der Waals surface area contributed by atoms with Crippen LogP contribution in [-0.4, -0.2) is 62.3 Å². The second kappa shape index (κ2) is 17.0. The topological polar surface area (TPSA) is 83.5 Å². The van der Waals surface area contributed by atoms with Gasteiger partial charge in [0.2, 0.25) is 0 Å². The third kappa shape index (κ3) is 9.65. The zero-order valence-electron chi connectivity index (χ0n) is 24.9. The molecule has 4 aliphatic rings. The van der Waals surface area contributed by atoms with Gasteiger partial charge in [0.15, 0.2) is 12.6 Å². The first-order valence-corrected chi connectivity index (χ1v) is 16.2. The highest BCUT2D eigenvalue weighted by atomic mass is 16.7. The lowest BCUT2D eigenvalue weighted by molar-refractivity contribution is -0.193. The standard InChI is InChI=1S/C33H54O7/c1-24(25-13-7-8-14-25)29(39-32-17-9-11-21-37-32)20-19-27-26(15-5-3-4-6-16-31(35)36-2)28(34)23-30(27)40-33-18-10-12-22-38-33/h3,5,19-20,24-30,32-34H,4,6-18,21-23H2,1-2H3/b5-3-,20-19+/t24?,26-,27-,28+,29?,30-,32?,33?/m1/s1. The molecule has 2 heterocycles. The summed E-state index contributed by atoms with van der Waals surface area (Å²) in [6, 6.07) is 0. The normalized spacial score (nSPS) is 33.6. The minimum Gasteiger partial charge on any atom is -0.469 e. The van der Waals surface area contributed by atoms with E-state index in [9.17, 15) is 9.90 Å². The summed E-state index contributed by atoms with van der Waals surface area (Å²) < 4.78 is 29.8. The van der Waals surface area contributed by atoms with Gasteiger partial charge in [-0.2, -0.15) is 0 Å². The molecule has 0 amide bonds. The zero-order chi connectivity index (χ0) is 28.2. The first-order chi connectivity index (χ1) is 19.5. The van der Waals surface area contributed by atoms with E-state index in [1.807, 2.05) is 0 Å². The molecule has 7 nitrogen and oxygen atoms in total. The van der Waals surface area contributed by atoms with Crippen LogP contribution in [0.1, 0.15) is 103 Å². The third-order valence-corrected chi connectivity index (χ3v) is 9.54. The van der Waals surface area contributed by atoms with Gasteiger partial charge < -0.3 is 28.8 Å². The predicted octanol–water partition coefficient (Wildman–Crippen LogP) is 6.48. The van der Waals surface area contributed by atoms with E-state index in [1.54, 1.807) is 0 Å². The van der Waals surface area contributed by atoms with Crippen molar-refractivity contribution >= 4 is 5.97 Å². The number of allylic oxidation sites excluding steroid dienone is 2. The van der Waals surface area contributed by atoms with Gasteiger partial charge in [0, 0.05) is 32.0 Å². The van der Waals surface area contributed by atoms with Crippen LogP contribution in [0.2, 0.25) is 0 Å². The second-order valence-electron chi connectivity index (χ2n) is 12.4. The van der Waals surface area contributed by atoms with Crippen molar-refractivity contribution in [2.45, 2.75) is 134 Å². The molecular formula is C33H54O7. The highest BCUT2D eigenvalue weighted by Crippen LogP contribution is 2.41. The minimum absolute atomic E-state index is 0.00922. The number of rotatable bonds is 14. The fraction of sp³-hybridized carbons (Fsp3) is 0.848. The van der Waals surface area contributed by atoms with E-state index in [2.05, 4.69) is 31.2 Å². The Hall–Kier alpha value is -1.25. The molecule has 7 heteroatoms. The Morgan fingerprint density at radius 2 is 1.68 bits per heavy atom. The maximum Gasteiger partial charge on any atom is 0.305 e. The minimum atomic E-state index is -0.434. The average Bonchev–Trinajstić information content (AvgIpc) is 3.62. The van der Waals surface area contributed by atoms with E-state index >= 15 is 0 Å². The maximum absolute atomic E-state index is 11.4. The Kier molecular flexibility index (Phi) is 13.5. The Labute approximate surface area is 242 Å². The largest absolute Gasteiger partial charge is 0.469 e. The van der Waals surface area contributed by atoms with Gasteiger partial charge in [0.1, 0.15) is 0 Å². The molecule has 2 aliphatic carbocycles. The Balaban J connectivity index is 1.45. The maximum atomic E-state index is 11.4. The number of aliphatic hydroxyl groups is 1. The van der Waals surface area contributed by atoms with Gasteiger partial charge >= 0.3 is 5.97 Å². The smallest absolute Gasteiger partial charge is 0.305 e. The fourth-order valence-corrected chi connectivity index (χ4v) is 7.01. The molecule has 0 radical (unpaired) electrons. The van der Waals surface area contributed by atoms with Crippen molar-refractivity contribution in [2.75, 3.05) is 20.3 Å². The number of aliphatic hydroxyl groups excluding tert-OH is 1. The van der Waals surface area contributed by atoms with E-state index in [4.69, 9.17) is 23.7 Å². The molecule has 0 aromatic carbocycles. The van der Waals surface area contributed by atoms with Crippen LogP contribution in [0.4, 0.5) is 0 Å². The van der Waals surface area contributed by atoms with E-state index in [0.29, 0.717) is 24.7 Å². The summed E-state index contributed by atoms with van der Waals surface area (Å²) in [5.74, 6) is 1.07. The number of hydrogen-bond donors (Lipinski definition) is 1. The molecular weight excluding hydrogens is 508 g/mol. The van der Waals surface area contributed by atoms with Crippen LogP contribution in [0.15, 0.2) is 24.3 Å². The Bertz CT molecular complexity index is 780. The summed E-state index contributed by atoms with van der Waals surface area (Å²) in [6.45, 7) is 3.86. The van der Waals surface area contributed by atoms with Gasteiger partial charge in [-0.25, -0.2) is 0 Å². The lowest BCUT2D eigenvalue weighted by Gasteiger charge is -2.33. The molecule has 4 rings (SSSR count). The highest BCUT2D eigenvalue weighted by Gasteiger charge is 2.43. The van der Waals surface area contributed by atoms with Gasteiger partial charge in [-0.3, -0.25) is 4.79 Å². The van der Waals surface area contributed by atoms with Gasteiger partial charge in [0.25, 0.3) is 0 Å². The first kappa shape index (κ1) is 31.7. The summed E-state index contributed by atoms with van der Waals surface area (Å²) >= 11 is 0. The monoisotopic (exact) mass is 562 g/mol. The van der Waals surface area contributed by atoms with E-state index in [0.717, 1.165) is 71.0 Å². The molecule has 0 aromatic heterocycles. The predicted molar refractivity (Wildman–Crippen MR) is 154 cm³/mol. The molecule has 0 spiro atoms. The lowest BCUT2D eigenvalue weighted by atomic mass is 9.85. The van der Waals surface area contributed by atoms with Crippen molar-refractivity contribution in [1.82, 2.24) is 0 Å². The molecule has 1 N–H and O–H groups in total. The van der Waals surface area contributed by atoms with Crippen LogP contribution in [0.3, 0.4) is 0 Å². The van der Waals surface area contributed by atoms with Crippen LogP contribution in [0.5, 0.6) is 0 Å². The molecule has 2 aliphatic heterocycles. The summed E-state index contributed by atoms with van der Waals surface area (Å²) in [6.07, 6.45) is 22.9. The summed E-state index contributed by atoms with van der Waals surface area (Å²) in [5.41, 5.74) is 0. The molecule has 0 bridgehead atoms. The van der Waals surface area contributed by atoms with Gasteiger partial charge in [-0.1, -0.05) is 56.9 Å². The molecule has 2 saturated carbocycles. The quantitative estimate of drug-likeness (QED) is 0.147. The van der Waals surface area contributed by atoms with Crippen LogP contribution >= 0.6 is 0 Å². The fourth-order valence-electron chi connectivity index (χ4n) is 7.01. The summed E-state index contributed by atoms with van der Waals surface area (Å²) in [7, 11) is 1.43. The molecule has 0 aromatic rings. The van der Waals surface area contributed by atoms with Crippen LogP contribution in [0, 0.1) is 23.7 Å². The lowest BCUT2D eigenvalue weighted by Crippen LogP contribution is -2.34.